The fourth-order valence-electron chi connectivity index (χ4n) is 1.48. The van der Waals surface area contributed by atoms with Crippen LogP contribution in [0.2, 0.25) is 0 Å². The highest BCUT2D eigenvalue weighted by Crippen LogP contribution is 2.06. The molecule has 0 bridgehead atoms. The van der Waals surface area contributed by atoms with Crippen LogP contribution in [0.4, 0.5) is 0 Å². The Hall–Kier alpha value is -1.45. The molecule has 0 fully saturated rings. The fourth-order valence-corrected chi connectivity index (χ4v) is 1.91. The molecule has 1 aromatic heterocycles. The Bertz CT molecular complexity index is 594. The summed E-state index contributed by atoms with van der Waals surface area (Å²) in [4.78, 5) is 34.9. The average molecular weight is 351 g/mol. The third-order valence-corrected chi connectivity index (χ3v) is 3.13. The Morgan fingerprint density at radius 2 is 2.15 bits per heavy atom. The molecule has 9 heteroatoms. The number of carboxylic acids is 1. The number of carbonyl (C=O) groups is 1. The number of hydrogen-bond donors (Lipinski definition) is 1. The summed E-state index contributed by atoms with van der Waals surface area (Å²) >= 11 is 3.02. The normalized spacial score (nSPS) is 12.3. The van der Waals surface area contributed by atoms with Crippen molar-refractivity contribution in [2.75, 3.05) is 20.5 Å². The van der Waals surface area contributed by atoms with E-state index in [9.17, 15) is 14.4 Å². The van der Waals surface area contributed by atoms with Crippen molar-refractivity contribution in [1.29, 1.82) is 0 Å². The Morgan fingerprint density at radius 1 is 1.50 bits per heavy atom. The van der Waals surface area contributed by atoms with Gasteiger partial charge in [0.2, 0.25) is 0 Å². The van der Waals surface area contributed by atoms with Crippen LogP contribution in [0.15, 0.2) is 20.3 Å². The molecule has 1 N–H and O–H groups in total. The van der Waals surface area contributed by atoms with Crippen LogP contribution in [0.3, 0.4) is 0 Å². The predicted molar refractivity (Wildman–Crippen MR) is 72.8 cm³/mol. The van der Waals surface area contributed by atoms with Gasteiger partial charge in [-0.3, -0.25) is 13.9 Å². The van der Waals surface area contributed by atoms with Crippen LogP contribution in [-0.2, 0) is 20.8 Å². The lowest BCUT2D eigenvalue weighted by Crippen LogP contribution is -2.43. The van der Waals surface area contributed by atoms with Crippen LogP contribution in [0.5, 0.6) is 0 Å². The van der Waals surface area contributed by atoms with Crippen LogP contribution in [-0.4, -0.2) is 40.7 Å². The molecule has 0 aliphatic carbocycles. The van der Waals surface area contributed by atoms with Crippen LogP contribution in [0, 0.1) is 0 Å². The molecule has 0 saturated carbocycles. The van der Waals surface area contributed by atoms with Gasteiger partial charge in [0.1, 0.15) is 12.8 Å². The molecule has 0 radical (unpaired) electrons. The Morgan fingerprint density at radius 3 is 2.70 bits per heavy atom. The van der Waals surface area contributed by atoms with E-state index in [0.717, 1.165) is 9.13 Å². The van der Waals surface area contributed by atoms with Gasteiger partial charge in [0.05, 0.1) is 17.6 Å². The third-order valence-electron chi connectivity index (χ3n) is 2.59. The van der Waals surface area contributed by atoms with Gasteiger partial charge in [-0.15, -0.1) is 0 Å². The number of methoxy groups -OCH3 is 1. The van der Waals surface area contributed by atoms with Crippen LogP contribution < -0.4 is 11.2 Å². The SMILES string of the molecule is COCOCCn1c(=O)c(Br)cn(C(C)C(=O)O)c1=O. The summed E-state index contributed by atoms with van der Waals surface area (Å²) < 4.78 is 11.7. The molecule has 0 aliphatic heterocycles. The first kappa shape index (κ1) is 16.6. The number of hydrogen-bond acceptors (Lipinski definition) is 5. The number of aliphatic carboxylic acids is 1. The van der Waals surface area contributed by atoms with Crippen molar-refractivity contribution in [3.05, 3.63) is 31.5 Å². The molecule has 1 heterocycles. The second-order valence-corrected chi connectivity index (χ2v) is 4.81. The van der Waals surface area contributed by atoms with E-state index in [1.54, 1.807) is 0 Å². The summed E-state index contributed by atoms with van der Waals surface area (Å²) in [5.41, 5.74) is -1.24. The van der Waals surface area contributed by atoms with Crippen molar-refractivity contribution in [2.24, 2.45) is 0 Å². The monoisotopic (exact) mass is 350 g/mol. The summed E-state index contributed by atoms with van der Waals surface area (Å²) in [7, 11) is 1.45. The van der Waals surface area contributed by atoms with Gasteiger partial charge in [0.25, 0.3) is 5.56 Å². The maximum absolute atomic E-state index is 12.1. The van der Waals surface area contributed by atoms with Gasteiger partial charge in [-0.25, -0.2) is 9.59 Å². The van der Waals surface area contributed by atoms with E-state index in [4.69, 9.17) is 9.84 Å². The number of aromatic nitrogens is 2. The molecule has 8 nitrogen and oxygen atoms in total. The molecule has 0 saturated heterocycles. The van der Waals surface area contributed by atoms with Crippen molar-refractivity contribution in [2.45, 2.75) is 19.5 Å². The standard InChI is InChI=1S/C11H15BrN2O6/c1-7(10(16)17)14-5-8(12)9(15)13(11(14)18)3-4-20-6-19-2/h5,7H,3-4,6H2,1-2H3,(H,16,17). The molecule has 112 valence electrons. The highest BCUT2D eigenvalue weighted by molar-refractivity contribution is 9.10. The number of rotatable bonds is 7. The molecular formula is C11H15BrN2O6. The van der Waals surface area contributed by atoms with E-state index in [-0.39, 0.29) is 24.4 Å². The maximum Gasteiger partial charge on any atom is 0.331 e. The minimum Gasteiger partial charge on any atom is -0.480 e. The first-order valence-electron chi connectivity index (χ1n) is 5.71. The highest BCUT2D eigenvalue weighted by atomic mass is 79.9. The van der Waals surface area contributed by atoms with Gasteiger partial charge in [-0.05, 0) is 22.9 Å². The summed E-state index contributed by atoms with van der Waals surface area (Å²) in [6.45, 7) is 1.50. The van der Waals surface area contributed by atoms with Crippen molar-refractivity contribution < 1.29 is 19.4 Å². The van der Waals surface area contributed by atoms with Gasteiger partial charge in [0.15, 0.2) is 0 Å². The van der Waals surface area contributed by atoms with Crippen LogP contribution in [0.1, 0.15) is 13.0 Å². The zero-order valence-electron chi connectivity index (χ0n) is 11.0. The van der Waals surface area contributed by atoms with Gasteiger partial charge >= 0.3 is 11.7 Å². The van der Waals surface area contributed by atoms with Crippen molar-refractivity contribution >= 4 is 21.9 Å². The lowest BCUT2D eigenvalue weighted by molar-refractivity contribution is -0.140. The van der Waals surface area contributed by atoms with Gasteiger partial charge in [-0.1, -0.05) is 0 Å². The van der Waals surface area contributed by atoms with E-state index in [0.29, 0.717) is 0 Å². The molecule has 0 spiro atoms. The molecule has 0 amide bonds. The Kier molecular flexibility index (Phi) is 6.11. The lowest BCUT2D eigenvalue weighted by Gasteiger charge is -2.14. The van der Waals surface area contributed by atoms with Crippen LogP contribution in [0.25, 0.3) is 0 Å². The zero-order valence-corrected chi connectivity index (χ0v) is 12.6. The number of carboxylic acid groups (broad SMARTS) is 1. The molecule has 20 heavy (non-hydrogen) atoms. The average Bonchev–Trinajstić information content (AvgIpc) is 2.41. The van der Waals surface area contributed by atoms with Crippen molar-refractivity contribution in [1.82, 2.24) is 9.13 Å². The summed E-state index contributed by atoms with van der Waals surface area (Å²) in [6, 6.07) is -1.08. The number of halogens is 1. The molecule has 0 aliphatic rings. The van der Waals surface area contributed by atoms with Crippen LogP contribution >= 0.6 is 15.9 Å². The first-order valence-corrected chi connectivity index (χ1v) is 6.50. The lowest BCUT2D eigenvalue weighted by atomic mass is 10.3. The van der Waals surface area contributed by atoms with E-state index < -0.39 is 23.3 Å². The molecule has 1 unspecified atom stereocenters. The molecule has 1 rings (SSSR count). The largest absolute Gasteiger partial charge is 0.480 e. The van der Waals surface area contributed by atoms with Crippen molar-refractivity contribution in [3.63, 3.8) is 0 Å². The second-order valence-electron chi connectivity index (χ2n) is 3.95. The Balaban J connectivity index is 3.13. The highest BCUT2D eigenvalue weighted by Gasteiger charge is 2.18. The molecule has 1 atom stereocenters. The van der Waals surface area contributed by atoms with Gasteiger partial charge in [-0.2, -0.15) is 0 Å². The van der Waals surface area contributed by atoms with Crippen molar-refractivity contribution in [3.8, 4) is 0 Å². The molecule has 1 aromatic rings. The summed E-state index contributed by atoms with van der Waals surface area (Å²) in [5.74, 6) is -1.17. The minimum absolute atomic E-state index is 0.00675. The van der Waals surface area contributed by atoms with E-state index in [2.05, 4.69) is 20.7 Å². The summed E-state index contributed by atoms with van der Waals surface area (Å²) in [5, 5.41) is 8.95. The fraction of sp³-hybridized carbons (Fsp3) is 0.545. The third kappa shape index (κ3) is 3.78. The second kappa shape index (κ2) is 7.36. The van der Waals surface area contributed by atoms with E-state index in [1.807, 2.05) is 0 Å². The Labute approximate surface area is 122 Å². The zero-order chi connectivity index (χ0) is 15.3. The first-order chi connectivity index (χ1) is 9.40. The number of nitrogens with zero attached hydrogens (tertiary/aromatic N) is 2. The quantitative estimate of drug-likeness (QED) is 0.550. The summed E-state index contributed by atoms with van der Waals surface area (Å²) in [6.07, 6.45) is 1.18. The van der Waals surface area contributed by atoms with Gasteiger partial charge < -0.3 is 14.6 Å². The topological polar surface area (TPSA) is 99.8 Å². The predicted octanol–water partition coefficient (Wildman–Crippen LogP) is 0.0386. The smallest absolute Gasteiger partial charge is 0.331 e. The van der Waals surface area contributed by atoms with E-state index in [1.165, 1.54) is 20.2 Å². The minimum atomic E-state index is -1.17. The molecular weight excluding hydrogens is 336 g/mol. The molecule has 0 aromatic carbocycles. The number of ether oxygens (including phenoxy) is 2. The maximum atomic E-state index is 12.1. The van der Waals surface area contributed by atoms with E-state index >= 15 is 0 Å². The van der Waals surface area contributed by atoms with Gasteiger partial charge in [0, 0.05) is 13.3 Å².